The number of carbonyl (C=O) groups is 1. The number of nitrogens with one attached hydrogen (secondary N) is 1. The predicted octanol–water partition coefficient (Wildman–Crippen LogP) is 1.85. The maximum absolute atomic E-state index is 11.8. The number of imidazole rings is 1. The van der Waals surface area contributed by atoms with Gasteiger partial charge < -0.3 is 14.5 Å². The quantitative estimate of drug-likeness (QED) is 0.817. The van der Waals surface area contributed by atoms with E-state index in [0.717, 1.165) is 16.9 Å². The maximum atomic E-state index is 11.8. The SMILES string of the molecule is C=CCOC(C)C(=O)NCc1cn2cccc(C)c2n1. The lowest BCUT2D eigenvalue weighted by atomic mass is 10.3. The highest BCUT2D eigenvalue weighted by Gasteiger charge is 2.13. The Morgan fingerprint density at radius 1 is 1.65 bits per heavy atom. The van der Waals surface area contributed by atoms with Gasteiger partial charge in [0.15, 0.2) is 0 Å². The van der Waals surface area contributed by atoms with Gasteiger partial charge >= 0.3 is 0 Å². The van der Waals surface area contributed by atoms with Crippen molar-refractivity contribution >= 4 is 11.6 Å². The van der Waals surface area contributed by atoms with Crippen LogP contribution in [0.1, 0.15) is 18.2 Å². The molecule has 0 saturated carbocycles. The van der Waals surface area contributed by atoms with Crippen LogP contribution in [0.3, 0.4) is 0 Å². The second kappa shape index (κ2) is 6.34. The van der Waals surface area contributed by atoms with E-state index in [1.165, 1.54) is 0 Å². The Balaban J connectivity index is 1.97. The molecule has 0 aliphatic carbocycles. The molecule has 5 heteroatoms. The van der Waals surface area contributed by atoms with E-state index < -0.39 is 6.10 Å². The Kier molecular flexibility index (Phi) is 4.53. The van der Waals surface area contributed by atoms with Crippen molar-refractivity contribution < 1.29 is 9.53 Å². The minimum absolute atomic E-state index is 0.152. The average Bonchev–Trinajstić information content (AvgIpc) is 2.86. The van der Waals surface area contributed by atoms with Crippen LogP contribution >= 0.6 is 0 Å². The maximum Gasteiger partial charge on any atom is 0.249 e. The van der Waals surface area contributed by atoms with E-state index in [9.17, 15) is 4.79 Å². The van der Waals surface area contributed by atoms with Crippen LogP contribution in [0.25, 0.3) is 5.65 Å². The summed E-state index contributed by atoms with van der Waals surface area (Å²) in [4.78, 5) is 16.3. The van der Waals surface area contributed by atoms with Crippen molar-refractivity contribution in [2.45, 2.75) is 26.5 Å². The van der Waals surface area contributed by atoms with Crippen LogP contribution in [-0.4, -0.2) is 28.0 Å². The molecule has 1 atom stereocenters. The molecule has 1 unspecified atom stereocenters. The fourth-order valence-corrected chi connectivity index (χ4v) is 1.90. The van der Waals surface area contributed by atoms with Gasteiger partial charge in [0.25, 0.3) is 0 Å². The summed E-state index contributed by atoms with van der Waals surface area (Å²) < 4.78 is 7.22. The second-order valence-electron chi connectivity index (χ2n) is 4.64. The highest BCUT2D eigenvalue weighted by atomic mass is 16.5. The number of aryl methyl sites for hydroxylation is 1. The summed E-state index contributed by atoms with van der Waals surface area (Å²) in [6, 6.07) is 3.98. The van der Waals surface area contributed by atoms with Crippen LogP contribution in [0.5, 0.6) is 0 Å². The summed E-state index contributed by atoms with van der Waals surface area (Å²) in [6.07, 6.45) is 4.98. The monoisotopic (exact) mass is 273 g/mol. The Labute approximate surface area is 118 Å². The first-order valence-corrected chi connectivity index (χ1v) is 6.55. The van der Waals surface area contributed by atoms with Crippen molar-refractivity contribution in [1.29, 1.82) is 0 Å². The second-order valence-corrected chi connectivity index (χ2v) is 4.64. The molecular weight excluding hydrogens is 254 g/mol. The molecule has 106 valence electrons. The first-order valence-electron chi connectivity index (χ1n) is 6.55. The van der Waals surface area contributed by atoms with Crippen LogP contribution in [0, 0.1) is 6.92 Å². The standard InChI is InChI=1S/C15H19N3O2/c1-4-8-20-12(3)15(19)16-9-13-10-18-7-5-6-11(2)14(18)17-13/h4-7,10,12H,1,8-9H2,2-3H3,(H,16,19). The number of pyridine rings is 1. The Morgan fingerprint density at radius 2 is 2.45 bits per heavy atom. The van der Waals surface area contributed by atoms with Crippen LogP contribution in [-0.2, 0) is 16.1 Å². The highest BCUT2D eigenvalue weighted by molar-refractivity contribution is 5.80. The van der Waals surface area contributed by atoms with Gasteiger partial charge in [-0.2, -0.15) is 0 Å². The van der Waals surface area contributed by atoms with Crippen molar-refractivity contribution in [3.8, 4) is 0 Å². The van der Waals surface area contributed by atoms with Gasteiger partial charge in [-0.3, -0.25) is 4.79 Å². The van der Waals surface area contributed by atoms with E-state index in [2.05, 4.69) is 16.9 Å². The number of aromatic nitrogens is 2. The van der Waals surface area contributed by atoms with Crippen molar-refractivity contribution in [1.82, 2.24) is 14.7 Å². The summed E-state index contributed by atoms with van der Waals surface area (Å²) in [5.41, 5.74) is 2.84. The molecule has 5 nitrogen and oxygen atoms in total. The largest absolute Gasteiger partial charge is 0.365 e. The molecule has 1 amide bonds. The molecule has 0 fully saturated rings. The van der Waals surface area contributed by atoms with E-state index in [-0.39, 0.29) is 5.91 Å². The Morgan fingerprint density at radius 3 is 3.15 bits per heavy atom. The van der Waals surface area contributed by atoms with Gasteiger partial charge in [-0.25, -0.2) is 4.98 Å². The third-order valence-electron chi connectivity index (χ3n) is 3.00. The van der Waals surface area contributed by atoms with Gasteiger partial charge in [0.05, 0.1) is 18.8 Å². The molecule has 0 bridgehead atoms. The molecule has 1 N–H and O–H groups in total. The van der Waals surface area contributed by atoms with E-state index in [1.807, 2.05) is 35.9 Å². The molecule has 0 radical (unpaired) electrons. The molecular formula is C15H19N3O2. The van der Waals surface area contributed by atoms with Crippen molar-refractivity contribution in [2.24, 2.45) is 0 Å². The molecule has 2 aromatic heterocycles. The smallest absolute Gasteiger partial charge is 0.249 e. The molecule has 2 rings (SSSR count). The summed E-state index contributed by atoms with van der Waals surface area (Å²) in [5, 5.41) is 2.81. The average molecular weight is 273 g/mol. The topological polar surface area (TPSA) is 55.6 Å². The molecule has 2 heterocycles. The summed E-state index contributed by atoms with van der Waals surface area (Å²) in [7, 11) is 0. The van der Waals surface area contributed by atoms with Crippen molar-refractivity contribution in [3.05, 3.63) is 48.4 Å². The third kappa shape index (κ3) is 3.24. The molecule has 0 aliphatic rings. The zero-order valence-corrected chi connectivity index (χ0v) is 11.8. The lowest BCUT2D eigenvalue weighted by Crippen LogP contribution is -2.34. The zero-order valence-electron chi connectivity index (χ0n) is 11.8. The zero-order chi connectivity index (χ0) is 14.5. The van der Waals surface area contributed by atoms with E-state index >= 15 is 0 Å². The van der Waals surface area contributed by atoms with Crippen LogP contribution in [0.4, 0.5) is 0 Å². The molecule has 0 aliphatic heterocycles. The number of hydrogen-bond donors (Lipinski definition) is 1. The molecule has 2 aromatic rings. The third-order valence-corrected chi connectivity index (χ3v) is 3.00. The number of carbonyl (C=O) groups excluding carboxylic acids is 1. The number of fused-ring (bicyclic) bond motifs is 1. The van der Waals surface area contributed by atoms with Gasteiger partial charge in [-0.15, -0.1) is 6.58 Å². The number of hydrogen-bond acceptors (Lipinski definition) is 3. The fraction of sp³-hybridized carbons (Fsp3) is 0.333. The number of nitrogens with zero attached hydrogens (tertiary/aromatic N) is 2. The van der Waals surface area contributed by atoms with Crippen LogP contribution in [0.15, 0.2) is 37.2 Å². The summed E-state index contributed by atoms with van der Waals surface area (Å²) in [5.74, 6) is -0.152. The van der Waals surface area contributed by atoms with Gasteiger partial charge in [-0.1, -0.05) is 12.1 Å². The first kappa shape index (κ1) is 14.3. The number of rotatable bonds is 6. The van der Waals surface area contributed by atoms with Gasteiger partial charge in [-0.05, 0) is 25.5 Å². The first-order chi connectivity index (χ1) is 9.61. The highest BCUT2D eigenvalue weighted by Crippen LogP contribution is 2.09. The Bertz CT molecular complexity index is 619. The minimum atomic E-state index is -0.494. The van der Waals surface area contributed by atoms with Crippen molar-refractivity contribution in [2.75, 3.05) is 6.61 Å². The van der Waals surface area contributed by atoms with Gasteiger partial charge in [0.1, 0.15) is 11.8 Å². The normalized spacial score (nSPS) is 12.3. The van der Waals surface area contributed by atoms with Crippen molar-refractivity contribution in [3.63, 3.8) is 0 Å². The van der Waals surface area contributed by atoms with E-state index in [4.69, 9.17) is 4.74 Å². The van der Waals surface area contributed by atoms with E-state index in [1.54, 1.807) is 13.0 Å². The van der Waals surface area contributed by atoms with Crippen LogP contribution < -0.4 is 5.32 Å². The summed E-state index contributed by atoms with van der Waals surface area (Å²) >= 11 is 0. The van der Waals surface area contributed by atoms with Gasteiger partial charge in [0.2, 0.25) is 5.91 Å². The Hall–Kier alpha value is -2.14. The molecule has 0 saturated heterocycles. The molecule has 0 spiro atoms. The number of amides is 1. The lowest BCUT2D eigenvalue weighted by molar-refractivity contribution is -0.131. The molecule has 20 heavy (non-hydrogen) atoms. The van der Waals surface area contributed by atoms with Crippen LogP contribution in [0.2, 0.25) is 0 Å². The lowest BCUT2D eigenvalue weighted by Gasteiger charge is -2.11. The predicted molar refractivity (Wildman–Crippen MR) is 77.4 cm³/mol. The molecule has 0 aromatic carbocycles. The minimum Gasteiger partial charge on any atom is -0.365 e. The van der Waals surface area contributed by atoms with Gasteiger partial charge in [0, 0.05) is 12.4 Å². The van der Waals surface area contributed by atoms with E-state index in [0.29, 0.717) is 13.2 Å². The fourth-order valence-electron chi connectivity index (χ4n) is 1.90. The summed E-state index contributed by atoms with van der Waals surface area (Å²) in [6.45, 7) is 8.03. The number of ether oxygens (including phenoxy) is 1.